The number of rotatable bonds is 2. The summed E-state index contributed by atoms with van der Waals surface area (Å²) in [6.45, 7) is 6.15. The molecule has 1 aromatic carbocycles. The summed E-state index contributed by atoms with van der Waals surface area (Å²) in [6, 6.07) is 11.1. The van der Waals surface area contributed by atoms with Crippen LogP contribution in [0, 0.1) is 20.8 Å². The molecule has 5 rings (SSSR count). The second-order valence-electron chi connectivity index (χ2n) is 6.90. The molecule has 0 saturated carbocycles. The van der Waals surface area contributed by atoms with E-state index in [-0.39, 0.29) is 5.75 Å². The lowest BCUT2D eigenvalue weighted by Crippen LogP contribution is -2.01. The SMILES string of the molecule is Cc1ccnc(-n2c(C)c(C)c3c2ncn2nc(-c4ccccc4O)nc32)c1. The number of aromatic hydroxyl groups is 1. The Morgan fingerprint density at radius 3 is 2.57 bits per heavy atom. The van der Waals surface area contributed by atoms with Crippen molar-refractivity contribution in [3.8, 4) is 23.0 Å². The van der Waals surface area contributed by atoms with E-state index in [1.54, 1.807) is 35.2 Å². The Kier molecular flexibility index (Phi) is 3.45. The zero-order chi connectivity index (χ0) is 19.4. The van der Waals surface area contributed by atoms with Gasteiger partial charge in [-0.2, -0.15) is 0 Å². The minimum atomic E-state index is 0.150. The van der Waals surface area contributed by atoms with Crippen LogP contribution in [0.4, 0.5) is 0 Å². The van der Waals surface area contributed by atoms with Crippen molar-refractivity contribution in [1.29, 1.82) is 0 Å². The van der Waals surface area contributed by atoms with Gasteiger partial charge < -0.3 is 5.11 Å². The van der Waals surface area contributed by atoms with Crippen LogP contribution in [0.2, 0.25) is 0 Å². The average Bonchev–Trinajstić information content (AvgIpc) is 3.21. The van der Waals surface area contributed by atoms with Crippen LogP contribution in [-0.2, 0) is 0 Å². The number of phenols is 1. The van der Waals surface area contributed by atoms with E-state index in [1.165, 1.54) is 0 Å². The Labute approximate surface area is 161 Å². The van der Waals surface area contributed by atoms with E-state index in [0.717, 1.165) is 33.7 Å². The van der Waals surface area contributed by atoms with E-state index in [2.05, 4.69) is 28.9 Å². The first-order valence-electron chi connectivity index (χ1n) is 8.99. The lowest BCUT2D eigenvalue weighted by Gasteiger charge is -2.07. The monoisotopic (exact) mass is 370 g/mol. The molecule has 4 heterocycles. The maximum atomic E-state index is 10.2. The van der Waals surface area contributed by atoms with Gasteiger partial charge in [-0.25, -0.2) is 19.5 Å². The molecule has 0 spiro atoms. The quantitative estimate of drug-likeness (QED) is 0.512. The summed E-state index contributed by atoms with van der Waals surface area (Å²) in [5, 5.41) is 15.6. The van der Waals surface area contributed by atoms with Crippen LogP contribution in [0.1, 0.15) is 16.8 Å². The van der Waals surface area contributed by atoms with Crippen LogP contribution in [0.15, 0.2) is 48.9 Å². The molecular formula is C21H18N6O. The molecular weight excluding hydrogens is 352 g/mol. The predicted octanol–water partition coefficient (Wildman–Crippen LogP) is 3.76. The van der Waals surface area contributed by atoms with Gasteiger partial charge in [0.15, 0.2) is 17.1 Å². The van der Waals surface area contributed by atoms with Gasteiger partial charge >= 0.3 is 0 Å². The number of hydrogen-bond acceptors (Lipinski definition) is 5. The molecule has 0 aliphatic rings. The summed E-state index contributed by atoms with van der Waals surface area (Å²) in [4.78, 5) is 13.9. The Hall–Kier alpha value is -3.74. The normalized spacial score (nSPS) is 11.5. The first kappa shape index (κ1) is 16.4. The van der Waals surface area contributed by atoms with Gasteiger partial charge in [-0.3, -0.25) is 4.57 Å². The van der Waals surface area contributed by atoms with Crippen LogP contribution in [-0.4, -0.2) is 34.2 Å². The van der Waals surface area contributed by atoms with Crippen LogP contribution in [0.3, 0.4) is 0 Å². The summed E-state index contributed by atoms with van der Waals surface area (Å²) < 4.78 is 3.70. The molecule has 0 amide bonds. The van der Waals surface area contributed by atoms with Gasteiger partial charge in [-0.1, -0.05) is 12.1 Å². The van der Waals surface area contributed by atoms with Crippen molar-refractivity contribution in [2.24, 2.45) is 0 Å². The number of phenolic OH excluding ortho intramolecular Hbond substituents is 1. The van der Waals surface area contributed by atoms with Gasteiger partial charge in [0.1, 0.15) is 17.9 Å². The standard InChI is InChI=1S/C21H18N6O/c1-12-8-9-22-17(10-12)27-14(3)13(2)18-20(27)23-11-26-21(18)24-19(25-26)15-6-4-5-7-16(15)28/h4-11,28H,1-3H3. The molecule has 28 heavy (non-hydrogen) atoms. The largest absolute Gasteiger partial charge is 0.507 e. The van der Waals surface area contributed by atoms with Crippen LogP contribution >= 0.6 is 0 Å². The van der Waals surface area contributed by atoms with Gasteiger partial charge in [0.05, 0.1) is 10.9 Å². The highest BCUT2D eigenvalue weighted by molar-refractivity contribution is 5.95. The van der Waals surface area contributed by atoms with Crippen molar-refractivity contribution < 1.29 is 5.11 Å². The summed E-state index contributed by atoms with van der Waals surface area (Å²) in [6.07, 6.45) is 3.45. The first-order valence-corrected chi connectivity index (χ1v) is 8.99. The highest BCUT2D eigenvalue weighted by atomic mass is 16.3. The fraction of sp³-hybridized carbons (Fsp3) is 0.143. The molecule has 0 aliphatic heterocycles. The van der Waals surface area contributed by atoms with Gasteiger partial charge in [0, 0.05) is 11.9 Å². The molecule has 0 radical (unpaired) electrons. The summed E-state index contributed by atoms with van der Waals surface area (Å²) in [7, 11) is 0. The highest BCUT2D eigenvalue weighted by Gasteiger charge is 2.20. The minimum absolute atomic E-state index is 0.150. The number of aryl methyl sites for hydroxylation is 2. The van der Waals surface area contributed by atoms with Crippen LogP contribution in [0.25, 0.3) is 33.9 Å². The lowest BCUT2D eigenvalue weighted by molar-refractivity contribution is 0.477. The molecule has 0 unspecified atom stereocenters. The summed E-state index contributed by atoms with van der Waals surface area (Å²) in [5.41, 5.74) is 5.35. The topological polar surface area (TPSA) is 81.1 Å². The number of para-hydroxylation sites is 1. The number of pyridine rings is 1. The molecule has 0 fully saturated rings. The Morgan fingerprint density at radius 2 is 1.79 bits per heavy atom. The fourth-order valence-corrected chi connectivity index (χ4v) is 3.56. The zero-order valence-corrected chi connectivity index (χ0v) is 15.7. The third-order valence-corrected chi connectivity index (χ3v) is 5.11. The Morgan fingerprint density at radius 1 is 0.964 bits per heavy atom. The van der Waals surface area contributed by atoms with Gasteiger partial charge in [0.2, 0.25) is 0 Å². The van der Waals surface area contributed by atoms with E-state index in [9.17, 15) is 5.11 Å². The Balaban J connectivity index is 1.82. The molecule has 0 saturated heterocycles. The van der Waals surface area contributed by atoms with Crippen LogP contribution in [0.5, 0.6) is 5.75 Å². The van der Waals surface area contributed by atoms with Crippen LogP contribution < -0.4 is 0 Å². The molecule has 0 bridgehead atoms. The molecule has 138 valence electrons. The summed E-state index contributed by atoms with van der Waals surface area (Å²) >= 11 is 0. The third kappa shape index (κ3) is 2.29. The summed E-state index contributed by atoms with van der Waals surface area (Å²) in [5.74, 6) is 1.44. The average molecular weight is 370 g/mol. The van der Waals surface area contributed by atoms with Crippen molar-refractivity contribution in [3.05, 3.63) is 65.7 Å². The van der Waals surface area contributed by atoms with Gasteiger partial charge in [0.25, 0.3) is 0 Å². The second-order valence-corrected chi connectivity index (χ2v) is 6.90. The number of benzene rings is 1. The van der Waals surface area contributed by atoms with E-state index in [1.807, 2.05) is 29.7 Å². The number of aromatic nitrogens is 6. The van der Waals surface area contributed by atoms with E-state index >= 15 is 0 Å². The number of nitrogens with zero attached hydrogens (tertiary/aromatic N) is 6. The van der Waals surface area contributed by atoms with Crippen molar-refractivity contribution in [1.82, 2.24) is 29.1 Å². The second kappa shape index (κ2) is 5.88. The maximum absolute atomic E-state index is 10.2. The smallest absolute Gasteiger partial charge is 0.185 e. The van der Waals surface area contributed by atoms with Crippen molar-refractivity contribution in [3.63, 3.8) is 0 Å². The molecule has 4 aromatic heterocycles. The molecule has 7 nitrogen and oxygen atoms in total. The molecule has 5 aromatic rings. The molecule has 0 atom stereocenters. The van der Waals surface area contributed by atoms with Gasteiger partial charge in [-0.05, 0) is 56.2 Å². The van der Waals surface area contributed by atoms with E-state index in [0.29, 0.717) is 17.0 Å². The molecule has 1 N–H and O–H groups in total. The fourth-order valence-electron chi connectivity index (χ4n) is 3.56. The lowest BCUT2D eigenvalue weighted by atomic mass is 10.2. The van der Waals surface area contributed by atoms with Crippen molar-refractivity contribution in [2.45, 2.75) is 20.8 Å². The number of hydrogen-bond donors (Lipinski definition) is 1. The van der Waals surface area contributed by atoms with Crippen molar-refractivity contribution >= 4 is 16.7 Å². The van der Waals surface area contributed by atoms with E-state index < -0.39 is 0 Å². The first-order chi connectivity index (χ1) is 13.5. The van der Waals surface area contributed by atoms with E-state index in [4.69, 9.17) is 4.98 Å². The minimum Gasteiger partial charge on any atom is -0.507 e. The predicted molar refractivity (Wildman–Crippen MR) is 107 cm³/mol. The maximum Gasteiger partial charge on any atom is 0.185 e. The number of fused-ring (bicyclic) bond motifs is 3. The van der Waals surface area contributed by atoms with Crippen molar-refractivity contribution in [2.75, 3.05) is 0 Å². The molecule has 7 heteroatoms. The highest BCUT2D eigenvalue weighted by Crippen LogP contribution is 2.31. The third-order valence-electron chi connectivity index (χ3n) is 5.11. The molecule has 0 aliphatic carbocycles. The van der Waals surface area contributed by atoms with Gasteiger partial charge in [-0.15, -0.1) is 5.10 Å². The Bertz CT molecular complexity index is 1360. The zero-order valence-electron chi connectivity index (χ0n) is 15.7.